The van der Waals surface area contributed by atoms with Crippen LogP contribution in [-0.4, -0.2) is 0 Å². The van der Waals surface area contributed by atoms with Crippen LogP contribution in [0.1, 0.15) is 36.5 Å². The quantitative estimate of drug-likeness (QED) is 0.421. The molecular weight excluding hydrogens is 266 g/mol. The summed E-state index contributed by atoms with van der Waals surface area (Å²) in [4.78, 5) is 0. The number of unbranched alkanes of at least 4 members (excludes halogenated alkanes) is 1. The van der Waals surface area contributed by atoms with Crippen LogP contribution in [0.2, 0.25) is 0 Å². The van der Waals surface area contributed by atoms with E-state index in [1.165, 1.54) is 22.3 Å². The van der Waals surface area contributed by atoms with Gasteiger partial charge in [0.2, 0.25) is 0 Å². The third-order valence-corrected chi connectivity index (χ3v) is 3.80. The molecule has 0 heterocycles. The first-order chi connectivity index (χ1) is 10.7. The molecule has 2 aromatic carbocycles. The Labute approximate surface area is 134 Å². The standard InChI is InChI=1S/C21H25N/c1-3-4-5-9-12-19(15-18-10-7-6-8-11-18)21-16-20(22)14-13-17(21)2/h3-4,6-8,10-14,16H,5,9,15,22H2,1-2H3/b4-3+,19-12-. The van der Waals surface area contributed by atoms with Gasteiger partial charge in [0.1, 0.15) is 0 Å². The van der Waals surface area contributed by atoms with Crippen LogP contribution >= 0.6 is 0 Å². The molecule has 0 radical (unpaired) electrons. The van der Waals surface area contributed by atoms with Crippen molar-refractivity contribution in [3.63, 3.8) is 0 Å². The number of anilines is 1. The summed E-state index contributed by atoms with van der Waals surface area (Å²) < 4.78 is 0. The lowest BCUT2D eigenvalue weighted by Gasteiger charge is -2.12. The van der Waals surface area contributed by atoms with E-state index < -0.39 is 0 Å². The van der Waals surface area contributed by atoms with E-state index in [1.54, 1.807) is 0 Å². The lowest BCUT2D eigenvalue weighted by Crippen LogP contribution is -1.96. The SMILES string of the molecule is C/C=C/CC/C=C(/Cc1ccccc1)c1cc(N)ccc1C. The third-order valence-electron chi connectivity index (χ3n) is 3.80. The Morgan fingerprint density at radius 3 is 2.55 bits per heavy atom. The van der Waals surface area contributed by atoms with Crippen molar-refractivity contribution in [3.05, 3.63) is 83.4 Å². The molecule has 0 spiro atoms. The zero-order chi connectivity index (χ0) is 15.8. The molecule has 0 fully saturated rings. The van der Waals surface area contributed by atoms with Gasteiger partial charge in [0, 0.05) is 5.69 Å². The molecule has 0 bridgehead atoms. The number of hydrogen-bond donors (Lipinski definition) is 1. The normalized spacial score (nSPS) is 12.0. The number of benzene rings is 2. The molecule has 22 heavy (non-hydrogen) atoms. The average Bonchev–Trinajstić information content (AvgIpc) is 2.54. The summed E-state index contributed by atoms with van der Waals surface area (Å²) in [7, 11) is 0. The van der Waals surface area contributed by atoms with Gasteiger partial charge in [0.25, 0.3) is 0 Å². The highest BCUT2D eigenvalue weighted by Gasteiger charge is 2.07. The molecule has 0 aliphatic carbocycles. The number of nitrogen functional groups attached to an aromatic ring is 1. The number of rotatable bonds is 6. The van der Waals surface area contributed by atoms with E-state index in [9.17, 15) is 0 Å². The second kappa shape index (κ2) is 8.23. The van der Waals surface area contributed by atoms with Crippen molar-refractivity contribution in [3.8, 4) is 0 Å². The van der Waals surface area contributed by atoms with Gasteiger partial charge >= 0.3 is 0 Å². The summed E-state index contributed by atoms with van der Waals surface area (Å²) in [5, 5.41) is 0. The van der Waals surface area contributed by atoms with Crippen molar-refractivity contribution >= 4 is 11.3 Å². The Hall–Kier alpha value is -2.28. The summed E-state index contributed by atoms with van der Waals surface area (Å²) in [6.07, 6.45) is 9.76. The first-order valence-corrected chi connectivity index (χ1v) is 7.91. The maximum atomic E-state index is 6.00. The molecule has 114 valence electrons. The zero-order valence-corrected chi connectivity index (χ0v) is 13.5. The minimum Gasteiger partial charge on any atom is -0.399 e. The summed E-state index contributed by atoms with van der Waals surface area (Å²) in [5.41, 5.74) is 12.1. The van der Waals surface area contributed by atoms with Crippen LogP contribution in [0.15, 0.2) is 66.8 Å². The minimum atomic E-state index is 0.827. The number of hydrogen-bond acceptors (Lipinski definition) is 1. The first-order valence-electron chi connectivity index (χ1n) is 7.91. The number of nitrogens with two attached hydrogens (primary N) is 1. The molecule has 0 unspecified atom stereocenters. The highest BCUT2D eigenvalue weighted by atomic mass is 14.5. The van der Waals surface area contributed by atoms with Gasteiger partial charge in [-0.05, 0) is 67.5 Å². The summed E-state index contributed by atoms with van der Waals surface area (Å²) in [5.74, 6) is 0. The highest BCUT2D eigenvalue weighted by Crippen LogP contribution is 2.26. The van der Waals surface area contributed by atoms with Crippen molar-refractivity contribution in [1.82, 2.24) is 0 Å². The average molecular weight is 291 g/mol. The molecular formula is C21H25N. The molecule has 0 amide bonds. The number of aryl methyl sites for hydroxylation is 1. The fourth-order valence-corrected chi connectivity index (χ4v) is 2.60. The Bertz CT molecular complexity index is 651. The van der Waals surface area contributed by atoms with Crippen molar-refractivity contribution in [2.24, 2.45) is 0 Å². The van der Waals surface area contributed by atoms with Crippen LogP contribution in [0, 0.1) is 6.92 Å². The van der Waals surface area contributed by atoms with Crippen molar-refractivity contribution in [1.29, 1.82) is 0 Å². The second-order valence-corrected chi connectivity index (χ2v) is 5.61. The summed E-state index contributed by atoms with van der Waals surface area (Å²) in [6, 6.07) is 16.8. The number of allylic oxidation sites excluding steroid dienone is 4. The van der Waals surface area contributed by atoms with Crippen molar-refractivity contribution in [2.75, 3.05) is 5.73 Å². The molecule has 0 saturated carbocycles. The monoisotopic (exact) mass is 291 g/mol. The summed E-state index contributed by atoms with van der Waals surface area (Å²) >= 11 is 0. The zero-order valence-electron chi connectivity index (χ0n) is 13.5. The van der Waals surface area contributed by atoms with Gasteiger partial charge in [-0.3, -0.25) is 0 Å². The first kappa shape index (κ1) is 16.1. The Kier molecular flexibility index (Phi) is 6.02. The van der Waals surface area contributed by atoms with E-state index in [1.807, 2.05) is 6.07 Å². The molecule has 2 aromatic rings. The maximum Gasteiger partial charge on any atom is 0.0320 e. The van der Waals surface area contributed by atoms with Gasteiger partial charge in [-0.15, -0.1) is 0 Å². The predicted octanol–water partition coefficient (Wildman–Crippen LogP) is 5.56. The van der Waals surface area contributed by atoms with Crippen molar-refractivity contribution in [2.45, 2.75) is 33.1 Å². The lowest BCUT2D eigenvalue weighted by atomic mass is 9.93. The van der Waals surface area contributed by atoms with Crippen LogP contribution in [0.4, 0.5) is 5.69 Å². The van der Waals surface area contributed by atoms with Gasteiger partial charge in [-0.2, -0.15) is 0 Å². The largest absolute Gasteiger partial charge is 0.399 e. The van der Waals surface area contributed by atoms with Gasteiger partial charge in [-0.25, -0.2) is 0 Å². The molecule has 0 saturated heterocycles. The minimum absolute atomic E-state index is 0.827. The smallest absolute Gasteiger partial charge is 0.0320 e. The van der Waals surface area contributed by atoms with E-state index in [0.29, 0.717) is 0 Å². The van der Waals surface area contributed by atoms with Crippen LogP contribution in [-0.2, 0) is 6.42 Å². The Morgan fingerprint density at radius 1 is 1.05 bits per heavy atom. The molecule has 0 aliphatic rings. The Balaban J connectivity index is 2.30. The van der Waals surface area contributed by atoms with Gasteiger partial charge in [0.05, 0.1) is 0 Å². The fourth-order valence-electron chi connectivity index (χ4n) is 2.60. The molecule has 2 rings (SSSR count). The van der Waals surface area contributed by atoms with E-state index in [0.717, 1.165) is 24.9 Å². The van der Waals surface area contributed by atoms with E-state index in [2.05, 4.69) is 74.5 Å². The lowest BCUT2D eigenvalue weighted by molar-refractivity contribution is 1.04. The maximum absolute atomic E-state index is 6.00. The highest BCUT2D eigenvalue weighted by molar-refractivity contribution is 5.72. The summed E-state index contributed by atoms with van der Waals surface area (Å²) in [6.45, 7) is 4.22. The van der Waals surface area contributed by atoms with Gasteiger partial charge in [0.15, 0.2) is 0 Å². The van der Waals surface area contributed by atoms with E-state index in [-0.39, 0.29) is 0 Å². The molecule has 1 heteroatoms. The van der Waals surface area contributed by atoms with Gasteiger partial charge < -0.3 is 5.73 Å². The molecule has 0 aromatic heterocycles. The van der Waals surface area contributed by atoms with Gasteiger partial charge in [-0.1, -0.05) is 54.6 Å². The van der Waals surface area contributed by atoms with Crippen LogP contribution in [0.25, 0.3) is 5.57 Å². The molecule has 0 aliphatic heterocycles. The van der Waals surface area contributed by atoms with Crippen LogP contribution < -0.4 is 5.73 Å². The fraction of sp³-hybridized carbons (Fsp3) is 0.238. The predicted molar refractivity (Wildman–Crippen MR) is 97.8 cm³/mol. The van der Waals surface area contributed by atoms with Crippen LogP contribution in [0.5, 0.6) is 0 Å². The molecule has 1 nitrogen and oxygen atoms in total. The second-order valence-electron chi connectivity index (χ2n) is 5.61. The molecule has 0 atom stereocenters. The van der Waals surface area contributed by atoms with Crippen LogP contribution in [0.3, 0.4) is 0 Å². The topological polar surface area (TPSA) is 26.0 Å². The van der Waals surface area contributed by atoms with E-state index >= 15 is 0 Å². The third kappa shape index (κ3) is 4.63. The van der Waals surface area contributed by atoms with Crippen molar-refractivity contribution < 1.29 is 0 Å². The Morgan fingerprint density at radius 2 is 1.82 bits per heavy atom. The van der Waals surface area contributed by atoms with E-state index in [4.69, 9.17) is 5.73 Å². The molecule has 2 N–H and O–H groups in total.